The van der Waals surface area contributed by atoms with E-state index in [1.54, 1.807) is 0 Å². The third-order valence-corrected chi connectivity index (χ3v) is 5.84. The number of hydrogen-bond acceptors (Lipinski definition) is 0. The van der Waals surface area contributed by atoms with Gasteiger partial charge >= 0.3 is 0 Å². The maximum absolute atomic E-state index is 3.67. The first kappa shape index (κ1) is 16.3. The zero-order chi connectivity index (χ0) is 18.2. The standard InChI is InChI=1S/C26H17Br/c27-26-16-15-23(24-7-3-4-8-25(24)26)20-12-9-19(10-13-20)22-14-11-18-5-1-2-6-21(18)17-22/h1-17H. The zero-order valence-electron chi connectivity index (χ0n) is 14.7. The van der Waals surface area contributed by atoms with Crippen molar-refractivity contribution in [2.45, 2.75) is 0 Å². The molecule has 0 aromatic heterocycles. The van der Waals surface area contributed by atoms with Crippen molar-refractivity contribution in [1.29, 1.82) is 0 Å². The minimum absolute atomic E-state index is 1.13. The van der Waals surface area contributed by atoms with Gasteiger partial charge in [-0.25, -0.2) is 0 Å². The van der Waals surface area contributed by atoms with Gasteiger partial charge in [-0.3, -0.25) is 0 Å². The zero-order valence-corrected chi connectivity index (χ0v) is 16.3. The van der Waals surface area contributed by atoms with Crippen LogP contribution in [0.5, 0.6) is 0 Å². The molecule has 0 aliphatic carbocycles. The van der Waals surface area contributed by atoms with E-state index in [-0.39, 0.29) is 0 Å². The Hall–Kier alpha value is -2.90. The quantitative estimate of drug-likeness (QED) is 0.276. The molecule has 0 aliphatic rings. The van der Waals surface area contributed by atoms with E-state index in [4.69, 9.17) is 0 Å². The van der Waals surface area contributed by atoms with Gasteiger partial charge in [0.15, 0.2) is 0 Å². The van der Waals surface area contributed by atoms with Crippen LogP contribution >= 0.6 is 15.9 Å². The fourth-order valence-electron chi connectivity index (χ4n) is 3.73. The minimum Gasteiger partial charge on any atom is -0.0616 e. The monoisotopic (exact) mass is 408 g/mol. The second-order valence-corrected chi connectivity index (χ2v) is 7.63. The Morgan fingerprint density at radius 1 is 0.444 bits per heavy atom. The third-order valence-electron chi connectivity index (χ3n) is 5.15. The Labute approximate surface area is 167 Å². The highest BCUT2D eigenvalue weighted by Gasteiger charge is 2.07. The van der Waals surface area contributed by atoms with E-state index in [0.29, 0.717) is 0 Å². The lowest BCUT2D eigenvalue weighted by atomic mass is 9.95. The van der Waals surface area contributed by atoms with Gasteiger partial charge in [0.25, 0.3) is 0 Å². The van der Waals surface area contributed by atoms with Crippen molar-refractivity contribution in [3.63, 3.8) is 0 Å². The first-order valence-electron chi connectivity index (χ1n) is 9.06. The number of hydrogen-bond donors (Lipinski definition) is 0. The van der Waals surface area contributed by atoms with Crippen LogP contribution in [0, 0.1) is 0 Å². The van der Waals surface area contributed by atoms with Crippen LogP contribution in [0.2, 0.25) is 0 Å². The topological polar surface area (TPSA) is 0 Å². The molecule has 0 radical (unpaired) electrons. The molecule has 27 heavy (non-hydrogen) atoms. The van der Waals surface area contributed by atoms with Crippen molar-refractivity contribution >= 4 is 37.5 Å². The van der Waals surface area contributed by atoms with Gasteiger partial charge in [0.05, 0.1) is 0 Å². The third kappa shape index (κ3) is 2.94. The van der Waals surface area contributed by atoms with Crippen molar-refractivity contribution in [3.05, 3.63) is 108 Å². The van der Waals surface area contributed by atoms with Crippen LogP contribution in [0.3, 0.4) is 0 Å². The highest BCUT2D eigenvalue weighted by molar-refractivity contribution is 9.10. The predicted octanol–water partition coefficient (Wildman–Crippen LogP) is 8.09. The number of halogens is 1. The Bertz CT molecular complexity index is 1270. The summed E-state index contributed by atoms with van der Waals surface area (Å²) in [5.41, 5.74) is 4.99. The molecule has 0 amide bonds. The van der Waals surface area contributed by atoms with E-state index in [0.717, 1.165) is 4.47 Å². The molecule has 5 aromatic rings. The molecule has 1 heteroatoms. The lowest BCUT2D eigenvalue weighted by Gasteiger charge is -2.10. The average Bonchev–Trinajstić information content (AvgIpc) is 2.74. The van der Waals surface area contributed by atoms with Crippen LogP contribution < -0.4 is 0 Å². The summed E-state index contributed by atoms with van der Waals surface area (Å²) in [5.74, 6) is 0. The van der Waals surface area contributed by atoms with E-state index in [9.17, 15) is 0 Å². The summed E-state index contributed by atoms with van der Waals surface area (Å²) in [6, 6.07) is 36.9. The maximum Gasteiger partial charge on any atom is 0.0254 e. The predicted molar refractivity (Wildman–Crippen MR) is 120 cm³/mol. The lowest BCUT2D eigenvalue weighted by molar-refractivity contribution is 1.61. The second kappa shape index (κ2) is 6.68. The average molecular weight is 409 g/mol. The summed E-state index contributed by atoms with van der Waals surface area (Å²) in [5, 5.41) is 5.07. The molecule has 0 aliphatic heterocycles. The van der Waals surface area contributed by atoms with Gasteiger partial charge in [-0.15, -0.1) is 0 Å². The molecule has 0 saturated carbocycles. The van der Waals surface area contributed by atoms with Crippen LogP contribution in [0.25, 0.3) is 43.8 Å². The smallest absolute Gasteiger partial charge is 0.0254 e. The molecule has 5 rings (SSSR count). The number of fused-ring (bicyclic) bond motifs is 2. The Morgan fingerprint density at radius 3 is 1.89 bits per heavy atom. The molecule has 0 N–H and O–H groups in total. The largest absolute Gasteiger partial charge is 0.0616 e. The Kier molecular flexibility index (Phi) is 4.03. The van der Waals surface area contributed by atoms with Crippen molar-refractivity contribution in [2.75, 3.05) is 0 Å². The van der Waals surface area contributed by atoms with Crippen molar-refractivity contribution in [3.8, 4) is 22.3 Å². The summed E-state index contributed by atoms with van der Waals surface area (Å²) in [6.45, 7) is 0. The molecular formula is C26H17Br. The fourth-order valence-corrected chi connectivity index (χ4v) is 4.20. The van der Waals surface area contributed by atoms with Gasteiger partial charge in [-0.05, 0) is 55.9 Å². The summed E-state index contributed by atoms with van der Waals surface area (Å²) < 4.78 is 1.13. The lowest BCUT2D eigenvalue weighted by Crippen LogP contribution is -1.84. The molecule has 0 fully saturated rings. The summed E-state index contributed by atoms with van der Waals surface area (Å²) in [4.78, 5) is 0. The van der Waals surface area contributed by atoms with Crippen molar-refractivity contribution < 1.29 is 0 Å². The van der Waals surface area contributed by atoms with Gasteiger partial charge in [-0.2, -0.15) is 0 Å². The summed E-state index contributed by atoms with van der Waals surface area (Å²) in [7, 11) is 0. The van der Waals surface area contributed by atoms with Crippen LogP contribution in [0.1, 0.15) is 0 Å². The van der Waals surface area contributed by atoms with Gasteiger partial charge in [0.2, 0.25) is 0 Å². The fraction of sp³-hybridized carbons (Fsp3) is 0. The first-order chi connectivity index (χ1) is 13.3. The molecule has 128 valence electrons. The summed E-state index contributed by atoms with van der Waals surface area (Å²) >= 11 is 3.67. The molecule has 0 atom stereocenters. The van der Waals surface area contributed by atoms with Crippen LogP contribution in [0.4, 0.5) is 0 Å². The molecular weight excluding hydrogens is 392 g/mol. The number of benzene rings is 5. The maximum atomic E-state index is 3.67. The van der Waals surface area contributed by atoms with E-state index < -0.39 is 0 Å². The van der Waals surface area contributed by atoms with Crippen LogP contribution in [-0.2, 0) is 0 Å². The number of rotatable bonds is 2. The van der Waals surface area contributed by atoms with Gasteiger partial charge in [0, 0.05) is 4.47 Å². The normalized spacial score (nSPS) is 11.1. The van der Waals surface area contributed by atoms with Crippen LogP contribution in [-0.4, -0.2) is 0 Å². The molecule has 5 aromatic carbocycles. The highest BCUT2D eigenvalue weighted by Crippen LogP contribution is 2.34. The van der Waals surface area contributed by atoms with E-state index >= 15 is 0 Å². The van der Waals surface area contributed by atoms with E-state index in [1.165, 1.54) is 43.8 Å². The molecule has 0 spiro atoms. The van der Waals surface area contributed by atoms with Gasteiger partial charge < -0.3 is 0 Å². The highest BCUT2D eigenvalue weighted by atomic mass is 79.9. The Morgan fingerprint density at radius 2 is 1.07 bits per heavy atom. The second-order valence-electron chi connectivity index (χ2n) is 6.78. The molecule has 0 heterocycles. The van der Waals surface area contributed by atoms with Crippen LogP contribution in [0.15, 0.2) is 108 Å². The minimum atomic E-state index is 1.13. The van der Waals surface area contributed by atoms with Crippen molar-refractivity contribution in [2.24, 2.45) is 0 Å². The molecule has 0 unspecified atom stereocenters. The SMILES string of the molecule is Brc1ccc(-c2ccc(-c3ccc4ccccc4c3)cc2)c2ccccc12. The van der Waals surface area contributed by atoms with Gasteiger partial charge in [-0.1, -0.05) is 107 Å². The Balaban J connectivity index is 1.58. The molecule has 0 nitrogen and oxygen atoms in total. The summed E-state index contributed by atoms with van der Waals surface area (Å²) in [6.07, 6.45) is 0. The molecule has 0 bridgehead atoms. The van der Waals surface area contributed by atoms with E-state index in [1.807, 2.05) is 0 Å². The van der Waals surface area contributed by atoms with Gasteiger partial charge in [0.1, 0.15) is 0 Å². The van der Waals surface area contributed by atoms with Crippen molar-refractivity contribution in [1.82, 2.24) is 0 Å². The first-order valence-corrected chi connectivity index (χ1v) is 9.86. The molecule has 0 saturated heterocycles. The van der Waals surface area contributed by atoms with E-state index in [2.05, 4.69) is 119 Å².